The zero-order valence-electron chi connectivity index (χ0n) is 16.5. The number of rotatable bonds is 9. The van der Waals surface area contributed by atoms with E-state index in [2.05, 4.69) is 22.4 Å². The third kappa shape index (κ3) is 5.37. The topological polar surface area (TPSA) is 92.3 Å². The minimum atomic E-state index is -3.79. The molecular formula is C20H24N4O3S2. The summed E-state index contributed by atoms with van der Waals surface area (Å²) in [5, 5.41) is 13.7. The van der Waals surface area contributed by atoms with E-state index in [9.17, 15) is 13.2 Å². The molecule has 154 valence electrons. The molecule has 0 saturated heterocycles. The van der Waals surface area contributed by atoms with Crippen molar-refractivity contribution in [3.8, 4) is 0 Å². The molecule has 1 amide bonds. The Balaban J connectivity index is 1.63. The second kappa shape index (κ2) is 9.43. The summed E-state index contributed by atoms with van der Waals surface area (Å²) in [5.41, 5.74) is 0. The summed E-state index contributed by atoms with van der Waals surface area (Å²) >= 11 is 1.32. The van der Waals surface area contributed by atoms with Crippen LogP contribution in [-0.2, 0) is 21.2 Å². The Morgan fingerprint density at radius 1 is 1.10 bits per heavy atom. The molecule has 0 unspecified atom stereocenters. The predicted molar refractivity (Wildman–Crippen MR) is 116 cm³/mol. The van der Waals surface area contributed by atoms with E-state index in [-0.39, 0.29) is 11.4 Å². The van der Waals surface area contributed by atoms with Crippen LogP contribution in [-0.4, -0.2) is 42.4 Å². The lowest BCUT2D eigenvalue weighted by Gasteiger charge is -2.16. The van der Waals surface area contributed by atoms with Crippen molar-refractivity contribution in [1.82, 2.24) is 14.5 Å². The molecule has 3 aromatic rings. The highest BCUT2D eigenvalue weighted by Crippen LogP contribution is 2.22. The van der Waals surface area contributed by atoms with Crippen LogP contribution in [0.3, 0.4) is 0 Å². The number of aromatic nitrogens is 2. The molecule has 0 saturated carbocycles. The van der Waals surface area contributed by atoms with Crippen molar-refractivity contribution in [2.75, 3.05) is 18.9 Å². The van der Waals surface area contributed by atoms with E-state index >= 15 is 0 Å². The Bertz CT molecular complexity index is 1100. The van der Waals surface area contributed by atoms with Crippen LogP contribution in [0.15, 0.2) is 47.4 Å². The number of unbranched alkanes of at least 4 members (excludes halogenated alkanes) is 2. The quantitative estimate of drug-likeness (QED) is 0.521. The molecule has 7 nitrogen and oxygen atoms in total. The van der Waals surface area contributed by atoms with E-state index in [1.54, 1.807) is 18.2 Å². The van der Waals surface area contributed by atoms with E-state index < -0.39 is 15.9 Å². The minimum absolute atomic E-state index is 0.153. The number of carbonyl (C=O) groups excluding carboxylic acids is 1. The average Bonchev–Trinajstić information content (AvgIpc) is 3.14. The molecule has 1 aromatic heterocycles. The predicted octanol–water partition coefficient (Wildman–Crippen LogP) is 3.68. The number of aryl methyl sites for hydroxylation is 1. The van der Waals surface area contributed by atoms with Crippen molar-refractivity contribution in [1.29, 1.82) is 0 Å². The maximum Gasteiger partial charge on any atom is 0.243 e. The van der Waals surface area contributed by atoms with Crippen LogP contribution in [0.25, 0.3) is 10.8 Å². The van der Waals surface area contributed by atoms with E-state index in [0.717, 1.165) is 45.8 Å². The Labute approximate surface area is 174 Å². The number of benzene rings is 2. The number of nitrogens with zero attached hydrogens (tertiary/aromatic N) is 3. The molecule has 1 heterocycles. The van der Waals surface area contributed by atoms with Crippen LogP contribution >= 0.6 is 11.3 Å². The summed E-state index contributed by atoms with van der Waals surface area (Å²) in [6.45, 7) is 1.83. The first-order valence-corrected chi connectivity index (χ1v) is 11.7. The number of nitrogens with one attached hydrogen (secondary N) is 1. The fourth-order valence-electron chi connectivity index (χ4n) is 2.89. The van der Waals surface area contributed by atoms with Gasteiger partial charge < -0.3 is 0 Å². The smallest absolute Gasteiger partial charge is 0.243 e. The maximum atomic E-state index is 12.8. The van der Waals surface area contributed by atoms with Crippen molar-refractivity contribution < 1.29 is 13.2 Å². The normalized spacial score (nSPS) is 11.8. The summed E-state index contributed by atoms with van der Waals surface area (Å²) in [7, 11) is -2.40. The molecule has 0 aliphatic carbocycles. The zero-order chi connectivity index (χ0) is 20.9. The van der Waals surface area contributed by atoms with Gasteiger partial charge in [0, 0.05) is 13.5 Å². The first-order valence-electron chi connectivity index (χ1n) is 9.47. The van der Waals surface area contributed by atoms with Crippen LogP contribution in [0.2, 0.25) is 0 Å². The minimum Gasteiger partial charge on any atom is -0.299 e. The summed E-state index contributed by atoms with van der Waals surface area (Å²) in [6.07, 6.45) is 4.11. The third-order valence-electron chi connectivity index (χ3n) is 4.50. The second-order valence-corrected chi connectivity index (χ2v) is 9.88. The van der Waals surface area contributed by atoms with Gasteiger partial charge >= 0.3 is 0 Å². The van der Waals surface area contributed by atoms with Gasteiger partial charge in [0.05, 0.1) is 11.4 Å². The first kappa shape index (κ1) is 21.4. The summed E-state index contributed by atoms with van der Waals surface area (Å²) < 4.78 is 26.7. The van der Waals surface area contributed by atoms with Crippen LogP contribution in [0.4, 0.5) is 5.13 Å². The average molecular weight is 433 g/mol. The lowest BCUT2D eigenvalue weighted by atomic mass is 10.1. The van der Waals surface area contributed by atoms with Gasteiger partial charge in [0.15, 0.2) is 0 Å². The molecule has 0 bridgehead atoms. The molecule has 9 heteroatoms. The number of likely N-dealkylation sites (N-methyl/N-ethyl adjacent to an activating group) is 1. The molecule has 0 aliphatic heterocycles. The Morgan fingerprint density at radius 2 is 1.86 bits per heavy atom. The highest BCUT2D eigenvalue weighted by Gasteiger charge is 2.23. The van der Waals surface area contributed by atoms with Crippen LogP contribution in [0.1, 0.15) is 31.2 Å². The van der Waals surface area contributed by atoms with Crippen molar-refractivity contribution in [3.63, 3.8) is 0 Å². The highest BCUT2D eigenvalue weighted by atomic mass is 32.2. The molecule has 0 aliphatic rings. The third-order valence-corrected chi connectivity index (χ3v) is 7.20. The van der Waals surface area contributed by atoms with E-state index in [4.69, 9.17) is 0 Å². The summed E-state index contributed by atoms with van der Waals surface area (Å²) in [4.78, 5) is 12.5. The summed E-state index contributed by atoms with van der Waals surface area (Å²) in [6, 6.07) is 12.5. The van der Waals surface area contributed by atoms with E-state index in [0.29, 0.717) is 5.13 Å². The SMILES string of the molecule is CCCCCc1nnc(NC(=O)CN(C)S(=O)(=O)c2ccc3ccccc3c2)s1. The number of sulfonamides is 1. The van der Waals surface area contributed by atoms with Gasteiger partial charge in [-0.3, -0.25) is 10.1 Å². The molecule has 3 rings (SSSR count). The number of anilines is 1. The molecular weight excluding hydrogens is 408 g/mol. The van der Waals surface area contributed by atoms with Crippen LogP contribution in [0.5, 0.6) is 0 Å². The van der Waals surface area contributed by atoms with Crippen molar-refractivity contribution >= 4 is 43.2 Å². The molecule has 0 atom stereocenters. The van der Waals surface area contributed by atoms with Crippen LogP contribution < -0.4 is 5.32 Å². The number of amides is 1. The largest absolute Gasteiger partial charge is 0.299 e. The molecule has 0 radical (unpaired) electrons. The van der Waals surface area contributed by atoms with Gasteiger partial charge in [0.25, 0.3) is 0 Å². The molecule has 0 fully saturated rings. The van der Waals surface area contributed by atoms with Crippen molar-refractivity contribution in [2.45, 2.75) is 37.5 Å². The maximum absolute atomic E-state index is 12.8. The summed E-state index contributed by atoms with van der Waals surface area (Å²) in [5.74, 6) is -0.451. The monoisotopic (exact) mass is 432 g/mol. The van der Waals surface area contributed by atoms with Gasteiger partial charge in [-0.25, -0.2) is 8.42 Å². The molecule has 1 N–H and O–H groups in total. The van der Waals surface area contributed by atoms with Crippen LogP contribution in [0, 0.1) is 0 Å². The van der Waals surface area contributed by atoms with Gasteiger partial charge in [0.2, 0.25) is 21.1 Å². The van der Waals surface area contributed by atoms with Gasteiger partial charge in [-0.2, -0.15) is 4.31 Å². The molecule has 2 aromatic carbocycles. The molecule has 29 heavy (non-hydrogen) atoms. The highest BCUT2D eigenvalue weighted by molar-refractivity contribution is 7.89. The van der Waals surface area contributed by atoms with Crippen molar-refractivity contribution in [2.24, 2.45) is 0 Å². The second-order valence-electron chi connectivity index (χ2n) is 6.78. The fourth-order valence-corrected chi connectivity index (χ4v) is 4.85. The Kier molecular flexibility index (Phi) is 6.94. The van der Waals surface area contributed by atoms with Gasteiger partial charge in [-0.15, -0.1) is 10.2 Å². The molecule has 0 spiro atoms. The Hall–Kier alpha value is -2.36. The standard InChI is InChI=1S/C20H24N4O3S2/c1-3-4-5-10-19-22-23-20(28-19)21-18(25)14-24(2)29(26,27)17-12-11-15-8-6-7-9-16(15)13-17/h6-9,11-13H,3-5,10,14H2,1-2H3,(H,21,23,25). The van der Waals surface area contributed by atoms with E-state index in [1.165, 1.54) is 18.4 Å². The number of carbonyl (C=O) groups is 1. The van der Waals surface area contributed by atoms with Gasteiger partial charge in [0.1, 0.15) is 5.01 Å². The van der Waals surface area contributed by atoms with E-state index in [1.807, 2.05) is 24.3 Å². The Morgan fingerprint density at radius 3 is 2.62 bits per heavy atom. The van der Waals surface area contributed by atoms with Gasteiger partial charge in [-0.05, 0) is 29.3 Å². The number of fused-ring (bicyclic) bond motifs is 1. The zero-order valence-corrected chi connectivity index (χ0v) is 18.1. The number of hydrogen-bond acceptors (Lipinski definition) is 6. The fraction of sp³-hybridized carbons (Fsp3) is 0.350. The number of hydrogen-bond donors (Lipinski definition) is 1. The lowest BCUT2D eigenvalue weighted by Crippen LogP contribution is -2.34. The lowest BCUT2D eigenvalue weighted by molar-refractivity contribution is -0.116. The first-order chi connectivity index (χ1) is 13.9. The van der Waals surface area contributed by atoms with Crippen molar-refractivity contribution in [3.05, 3.63) is 47.5 Å². The van der Waals surface area contributed by atoms with Gasteiger partial charge in [-0.1, -0.05) is 61.4 Å².